The summed E-state index contributed by atoms with van der Waals surface area (Å²) in [6, 6.07) is -0.606. The number of hydrogen-bond acceptors (Lipinski definition) is 5. The first-order valence-electron chi connectivity index (χ1n) is 17.6. The SMILES string of the molecule is CC.CCCC(C)(C)CC(C)(C)C/C=C/C(O)C(COP(OC)OCC[N+](C)(C)C)NC(=O)CCC(C)(C)CC(C)(C)CCC. The Morgan fingerprint density at radius 2 is 1.33 bits per heavy atom. The standard InChI is InChI=1S/C35H71N2O5P.C2H6/c1-15-20-32(3,4)27-34(7,8)22-17-18-30(38)29(26-42-43(40-14)41-25-24-37(11,12)13)36-31(39)19-23-35(9,10)28-33(5,6)21-16-2;1-2/h17-18,29-30,38H,15-16,19-28H2,1-14H3;1-2H3/p+1/b18-17+;. The smallest absolute Gasteiger partial charge is 0.332 e. The number of allylic oxidation sites excluding steroid dienone is 1. The van der Waals surface area contributed by atoms with E-state index in [1.54, 1.807) is 7.11 Å². The van der Waals surface area contributed by atoms with Gasteiger partial charge in [0.15, 0.2) is 0 Å². The van der Waals surface area contributed by atoms with E-state index in [0.29, 0.717) is 13.0 Å². The number of rotatable bonds is 24. The molecule has 270 valence electrons. The van der Waals surface area contributed by atoms with Gasteiger partial charge in [-0.15, -0.1) is 0 Å². The van der Waals surface area contributed by atoms with Crippen molar-refractivity contribution in [1.29, 1.82) is 0 Å². The Morgan fingerprint density at radius 1 is 0.844 bits per heavy atom. The minimum absolute atomic E-state index is 0.0431. The highest BCUT2D eigenvalue weighted by Crippen LogP contribution is 2.41. The topological polar surface area (TPSA) is 77.0 Å². The summed E-state index contributed by atoms with van der Waals surface area (Å²) in [7, 11) is 6.28. The fourth-order valence-electron chi connectivity index (χ4n) is 6.57. The van der Waals surface area contributed by atoms with Gasteiger partial charge in [0.05, 0.1) is 39.9 Å². The molecule has 3 atom stereocenters. The molecule has 0 aromatic heterocycles. The van der Waals surface area contributed by atoms with Gasteiger partial charge >= 0.3 is 8.60 Å². The molecule has 0 fully saturated rings. The van der Waals surface area contributed by atoms with Gasteiger partial charge in [0.25, 0.3) is 0 Å². The highest BCUT2D eigenvalue weighted by atomic mass is 31.2. The predicted octanol–water partition coefficient (Wildman–Crippen LogP) is 9.68. The molecule has 0 heterocycles. The Morgan fingerprint density at radius 3 is 1.80 bits per heavy atom. The number of amides is 1. The van der Waals surface area contributed by atoms with Crippen LogP contribution >= 0.6 is 8.60 Å². The van der Waals surface area contributed by atoms with Crippen molar-refractivity contribution in [2.24, 2.45) is 21.7 Å². The first-order valence-corrected chi connectivity index (χ1v) is 18.7. The molecule has 45 heavy (non-hydrogen) atoms. The molecule has 0 aromatic rings. The molecule has 8 heteroatoms. The lowest BCUT2D eigenvalue weighted by atomic mass is 9.71. The maximum absolute atomic E-state index is 13.2. The van der Waals surface area contributed by atoms with Crippen LogP contribution in [0.1, 0.15) is 141 Å². The Bertz CT molecular complexity index is 805. The molecule has 0 rings (SSSR count). The summed E-state index contributed by atoms with van der Waals surface area (Å²) in [5.74, 6) is -0.0724. The largest absolute Gasteiger partial charge is 0.387 e. The second-order valence-corrected chi connectivity index (χ2v) is 18.2. The van der Waals surface area contributed by atoms with E-state index in [-0.39, 0.29) is 34.2 Å². The summed E-state index contributed by atoms with van der Waals surface area (Å²) >= 11 is 0. The van der Waals surface area contributed by atoms with Crippen LogP contribution in [0.4, 0.5) is 0 Å². The molecule has 1 amide bonds. The number of carbonyl (C=O) groups is 1. The number of quaternary nitrogens is 1. The van der Waals surface area contributed by atoms with Crippen molar-refractivity contribution in [2.75, 3.05) is 48.0 Å². The quantitative estimate of drug-likeness (QED) is 0.0612. The summed E-state index contributed by atoms with van der Waals surface area (Å²) < 4.78 is 18.0. The van der Waals surface area contributed by atoms with Gasteiger partial charge in [-0.1, -0.05) is 108 Å². The molecular weight excluding hydrogens is 583 g/mol. The van der Waals surface area contributed by atoms with Gasteiger partial charge in [-0.3, -0.25) is 4.79 Å². The van der Waals surface area contributed by atoms with Crippen LogP contribution in [0.3, 0.4) is 0 Å². The van der Waals surface area contributed by atoms with E-state index in [1.807, 2.05) is 19.9 Å². The molecule has 0 bridgehead atoms. The normalized spacial score (nSPS) is 15.4. The maximum atomic E-state index is 13.2. The number of nitrogens with one attached hydrogen (secondary N) is 1. The summed E-state index contributed by atoms with van der Waals surface area (Å²) in [5, 5.41) is 14.3. The first-order chi connectivity index (χ1) is 20.6. The van der Waals surface area contributed by atoms with Gasteiger partial charge in [-0.25, -0.2) is 0 Å². The van der Waals surface area contributed by atoms with E-state index in [9.17, 15) is 9.90 Å². The van der Waals surface area contributed by atoms with Crippen LogP contribution in [0.15, 0.2) is 12.2 Å². The van der Waals surface area contributed by atoms with Crippen LogP contribution in [-0.4, -0.2) is 75.7 Å². The van der Waals surface area contributed by atoms with Crippen LogP contribution in [0.2, 0.25) is 0 Å². The van der Waals surface area contributed by atoms with Crippen molar-refractivity contribution in [3.63, 3.8) is 0 Å². The lowest BCUT2D eigenvalue weighted by molar-refractivity contribution is -0.870. The van der Waals surface area contributed by atoms with E-state index < -0.39 is 20.7 Å². The first kappa shape index (κ1) is 46.6. The minimum atomic E-state index is -1.59. The van der Waals surface area contributed by atoms with Gasteiger partial charge in [0.2, 0.25) is 5.91 Å². The summed E-state index contributed by atoms with van der Waals surface area (Å²) in [4.78, 5) is 13.2. The lowest BCUT2D eigenvalue weighted by Gasteiger charge is -2.35. The van der Waals surface area contributed by atoms with Crippen LogP contribution in [0.25, 0.3) is 0 Å². The van der Waals surface area contributed by atoms with Crippen molar-refractivity contribution in [3.8, 4) is 0 Å². The molecule has 7 nitrogen and oxygen atoms in total. The van der Waals surface area contributed by atoms with Gasteiger partial charge in [0.1, 0.15) is 13.2 Å². The van der Waals surface area contributed by atoms with Crippen LogP contribution in [0, 0.1) is 21.7 Å². The molecule has 0 radical (unpaired) electrons. The molecule has 0 aliphatic carbocycles. The number of likely N-dealkylation sites (N-methyl/N-ethyl adjacent to an activating group) is 1. The molecule has 0 saturated heterocycles. The molecular formula is C37H78N2O5P+. The lowest BCUT2D eigenvalue weighted by Crippen LogP contribution is -2.45. The summed E-state index contributed by atoms with van der Waals surface area (Å²) in [6.07, 6.45) is 11.9. The van der Waals surface area contributed by atoms with Crippen LogP contribution in [0.5, 0.6) is 0 Å². The van der Waals surface area contributed by atoms with Gasteiger partial charge in [-0.2, -0.15) is 0 Å². The monoisotopic (exact) mass is 662 g/mol. The van der Waals surface area contributed by atoms with Crippen molar-refractivity contribution in [1.82, 2.24) is 5.32 Å². The van der Waals surface area contributed by atoms with E-state index in [1.165, 1.54) is 19.3 Å². The molecule has 3 unspecified atom stereocenters. The Hall–Kier alpha value is -0.560. The number of aliphatic hydroxyl groups excluding tert-OH is 1. The third kappa shape index (κ3) is 25.2. The zero-order chi connectivity index (χ0) is 35.5. The second-order valence-electron chi connectivity index (χ2n) is 16.9. The minimum Gasteiger partial charge on any atom is -0.387 e. The average Bonchev–Trinajstić information content (AvgIpc) is 2.87. The number of nitrogens with zero attached hydrogens (tertiary/aromatic N) is 1. The zero-order valence-corrected chi connectivity index (χ0v) is 33.7. The Balaban J connectivity index is 0. The summed E-state index contributed by atoms with van der Waals surface area (Å²) in [6.45, 7) is 28.2. The molecule has 2 N–H and O–H groups in total. The maximum Gasteiger partial charge on any atom is 0.332 e. The number of carbonyl (C=O) groups excluding carboxylic acids is 1. The van der Waals surface area contributed by atoms with E-state index in [2.05, 4.69) is 102 Å². The zero-order valence-electron chi connectivity index (χ0n) is 32.8. The van der Waals surface area contributed by atoms with E-state index in [0.717, 1.165) is 43.1 Å². The predicted molar refractivity (Wildman–Crippen MR) is 195 cm³/mol. The van der Waals surface area contributed by atoms with Crippen LogP contribution in [-0.2, 0) is 18.4 Å². The number of aliphatic hydroxyl groups is 1. The fraction of sp³-hybridized carbons (Fsp3) is 0.919. The molecule has 0 aromatic carbocycles. The fourth-order valence-corrected chi connectivity index (χ4v) is 7.37. The third-order valence-electron chi connectivity index (χ3n) is 8.03. The molecule has 0 spiro atoms. The highest BCUT2D eigenvalue weighted by molar-refractivity contribution is 7.41. The molecule has 0 aliphatic heterocycles. The molecule has 0 saturated carbocycles. The van der Waals surface area contributed by atoms with E-state index in [4.69, 9.17) is 13.6 Å². The van der Waals surface area contributed by atoms with Crippen LogP contribution < -0.4 is 5.32 Å². The highest BCUT2D eigenvalue weighted by Gasteiger charge is 2.30. The second kappa shape index (κ2) is 22.1. The van der Waals surface area contributed by atoms with E-state index >= 15 is 0 Å². The third-order valence-corrected chi connectivity index (χ3v) is 9.08. The average molecular weight is 662 g/mol. The van der Waals surface area contributed by atoms with Gasteiger partial charge in [-0.05, 0) is 60.2 Å². The van der Waals surface area contributed by atoms with Crippen molar-refractivity contribution < 1.29 is 28.0 Å². The van der Waals surface area contributed by atoms with Crippen molar-refractivity contribution in [2.45, 2.75) is 153 Å². The Labute approximate surface area is 282 Å². The van der Waals surface area contributed by atoms with Gasteiger partial charge in [0, 0.05) is 13.5 Å². The summed E-state index contributed by atoms with van der Waals surface area (Å²) in [5.41, 5.74) is 0.666. The number of hydrogen-bond donors (Lipinski definition) is 2. The van der Waals surface area contributed by atoms with Crippen molar-refractivity contribution in [3.05, 3.63) is 12.2 Å². The Kier molecular flexibility index (Phi) is 22.9. The van der Waals surface area contributed by atoms with Gasteiger partial charge < -0.3 is 28.5 Å². The van der Waals surface area contributed by atoms with Crippen molar-refractivity contribution >= 4 is 14.5 Å². The molecule has 0 aliphatic rings.